The predicted molar refractivity (Wildman–Crippen MR) is 53.0 cm³/mol. The number of rotatable bonds is 1. The minimum Gasteiger partial charge on any atom is -0.364 e. The van der Waals surface area contributed by atoms with Gasteiger partial charge in [-0.2, -0.15) is 0 Å². The molecule has 1 saturated carbocycles. The van der Waals surface area contributed by atoms with E-state index >= 15 is 0 Å². The lowest BCUT2D eigenvalue weighted by Gasteiger charge is -2.41. The lowest BCUT2D eigenvalue weighted by molar-refractivity contribution is 0.202. The fraction of sp³-hybridized carbons (Fsp3) is 0.727. The van der Waals surface area contributed by atoms with Crippen LogP contribution in [0.3, 0.4) is 0 Å². The SMILES string of the molecule is c1nocc1C1CCC2CC(CC1)N2. The molecule has 2 bridgehead atoms. The molecule has 3 fully saturated rings. The van der Waals surface area contributed by atoms with Gasteiger partial charge >= 0.3 is 0 Å². The molecule has 1 aromatic rings. The van der Waals surface area contributed by atoms with E-state index in [4.69, 9.17) is 4.52 Å². The number of nitrogens with one attached hydrogen (secondary N) is 1. The summed E-state index contributed by atoms with van der Waals surface area (Å²) in [5, 5.41) is 7.40. The fourth-order valence-electron chi connectivity index (χ4n) is 2.75. The Kier molecular flexibility index (Phi) is 2.05. The molecule has 2 saturated heterocycles. The molecule has 0 amide bonds. The third kappa shape index (κ3) is 1.46. The Bertz CT molecular complexity index is 278. The Labute approximate surface area is 83.9 Å². The molecule has 1 N–H and O–H groups in total. The minimum atomic E-state index is 0.689. The van der Waals surface area contributed by atoms with Crippen molar-refractivity contribution >= 4 is 0 Å². The molecule has 14 heavy (non-hydrogen) atoms. The van der Waals surface area contributed by atoms with E-state index in [1.165, 1.54) is 37.7 Å². The van der Waals surface area contributed by atoms with Crippen LogP contribution in [0.5, 0.6) is 0 Å². The highest BCUT2D eigenvalue weighted by atomic mass is 16.5. The molecule has 3 heterocycles. The monoisotopic (exact) mass is 192 g/mol. The largest absolute Gasteiger partial charge is 0.364 e. The molecule has 1 aliphatic carbocycles. The van der Waals surface area contributed by atoms with Crippen molar-refractivity contribution in [1.29, 1.82) is 0 Å². The van der Waals surface area contributed by atoms with E-state index in [1.807, 2.05) is 12.5 Å². The van der Waals surface area contributed by atoms with Crippen LogP contribution in [0.4, 0.5) is 0 Å². The first-order valence-electron chi connectivity index (χ1n) is 5.57. The van der Waals surface area contributed by atoms with E-state index in [2.05, 4.69) is 10.5 Å². The maximum atomic E-state index is 4.91. The van der Waals surface area contributed by atoms with Crippen LogP contribution in [0.15, 0.2) is 17.0 Å². The van der Waals surface area contributed by atoms with Crippen LogP contribution in [0, 0.1) is 0 Å². The van der Waals surface area contributed by atoms with Gasteiger partial charge in [0.25, 0.3) is 0 Å². The van der Waals surface area contributed by atoms with E-state index in [0.717, 1.165) is 12.1 Å². The number of aromatic nitrogens is 1. The minimum absolute atomic E-state index is 0.689. The Morgan fingerprint density at radius 2 is 1.93 bits per heavy atom. The van der Waals surface area contributed by atoms with Gasteiger partial charge in [0.15, 0.2) is 0 Å². The molecule has 3 aliphatic rings. The fourth-order valence-corrected chi connectivity index (χ4v) is 2.75. The number of fused-ring (bicyclic) bond motifs is 4. The van der Waals surface area contributed by atoms with Crippen molar-refractivity contribution < 1.29 is 4.52 Å². The van der Waals surface area contributed by atoms with E-state index in [-0.39, 0.29) is 0 Å². The van der Waals surface area contributed by atoms with Gasteiger partial charge in [-0.1, -0.05) is 5.16 Å². The summed E-state index contributed by atoms with van der Waals surface area (Å²) in [6.45, 7) is 0. The summed E-state index contributed by atoms with van der Waals surface area (Å²) >= 11 is 0. The molecule has 2 aliphatic heterocycles. The van der Waals surface area contributed by atoms with Gasteiger partial charge in [0.1, 0.15) is 6.26 Å². The van der Waals surface area contributed by atoms with Crippen molar-refractivity contribution in [3.05, 3.63) is 18.0 Å². The summed E-state index contributed by atoms with van der Waals surface area (Å²) in [5.74, 6) is 0.689. The Morgan fingerprint density at radius 1 is 1.21 bits per heavy atom. The van der Waals surface area contributed by atoms with Crippen molar-refractivity contribution in [2.45, 2.75) is 50.1 Å². The molecule has 76 valence electrons. The van der Waals surface area contributed by atoms with Gasteiger partial charge in [-0.3, -0.25) is 0 Å². The van der Waals surface area contributed by atoms with E-state index in [1.54, 1.807) is 0 Å². The highest BCUT2D eigenvalue weighted by Gasteiger charge is 2.31. The molecular weight excluding hydrogens is 176 g/mol. The molecule has 0 radical (unpaired) electrons. The van der Waals surface area contributed by atoms with Crippen molar-refractivity contribution in [3.63, 3.8) is 0 Å². The second-order valence-electron chi connectivity index (χ2n) is 4.61. The van der Waals surface area contributed by atoms with Gasteiger partial charge < -0.3 is 9.84 Å². The first-order chi connectivity index (χ1) is 6.92. The maximum Gasteiger partial charge on any atom is 0.127 e. The summed E-state index contributed by atoms with van der Waals surface area (Å²) in [6, 6.07) is 1.59. The van der Waals surface area contributed by atoms with Gasteiger partial charge in [0, 0.05) is 17.6 Å². The Morgan fingerprint density at radius 3 is 2.50 bits per heavy atom. The smallest absolute Gasteiger partial charge is 0.127 e. The second kappa shape index (κ2) is 3.39. The zero-order valence-electron chi connectivity index (χ0n) is 8.28. The maximum absolute atomic E-state index is 4.91. The topological polar surface area (TPSA) is 38.1 Å². The van der Waals surface area contributed by atoms with Gasteiger partial charge in [0.05, 0.1) is 6.20 Å². The average Bonchev–Trinajstić information content (AvgIpc) is 2.51. The zero-order chi connectivity index (χ0) is 9.38. The van der Waals surface area contributed by atoms with E-state index in [9.17, 15) is 0 Å². The third-order valence-corrected chi connectivity index (χ3v) is 3.69. The predicted octanol–water partition coefficient (Wildman–Crippen LogP) is 2.06. The van der Waals surface area contributed by atoms with Crippen molar-refractivity contribution in [1.82, 2.24) is 10.5 Å². The molecule has 0 spiro atoms. The second-order valence-corrected chi connectivity index (χ2v) is 4.61. The van der Waals surface area contributed by atoms with Crippen LogP contribution in [0.25, 0.3) is 0 Å². The quantitative estimate of drug-likeness (QED) is 0.740. The number of hydrogen-bond donors (Lipinski definition) is 1. The van der Waals surface area contributed by atoms with Crippen LogP contribution < -0.4 is 5.32 Å². The van der Waals surface area contributed by atoms with Crippen LogP contribution in [0.1, 0.15) is 43.6 Å². The standard InChI is InChI=1S/C11H16N2O/c1-3-10-5-11(13-10)4-2-8(1)9-6-12-14-7-9/h6-8,10-11,13H,1-5H2. The Hall–Kier alpha value is -0.830. The van der Waals surface area contributed by atoms with Crippen LogP contribution in [-0.4, -0.2) is 17.2 Å². The van der Waals surface area contributed by atoms with Crippen molar-refractivity contribution in [2.24, 2.45) is 0 Å². The number of nitrogens with zero attached hydrogens (tertiary/aromatic N) is 1. The lowest BCUT2D eigenvalue weighted by atomic mass is 9.79. The van der Waals surface area contributed by atoms with E-state index in [0.29, 0.717) is 5.92 Å². The summed E-state index contributed by atoms with van der Waals surface area (Å²) in [5.41, 5.74) is 1.30. The number of hydrogen-bond acceptors (Lipinski definition) is 3. The van der Waals surface area contributed by atoms with Crippen molar-refractivity contribution in [3.8, 4) is 0 Å². The molecule has 2 atom stereocenters. The molecule has 1 aromatic heterocycles. The molecule has 3 heteroatoms. The summed E-state index contributed by atoms with van der Waals surface area (Å²) < 4.78 is 4.91. The van der Waals surface area contributed by atoms with Gasteiger partial charge in [-0.05, 0) is 38.0 Å². The normalized spacial score (nSPS) is 37.0. The average molecular weight is 192 g/mol. The first kappa shape index (κ1) is 8.48. The van der Waals surface area contributed by atoms with Crippen LogP contribution in [-0.2, 0) is 0 Å². The lowest BCUT2D eigenvalue weighted by Crippen LogP contribution is -2.53. The van der Waals surface area contributed by atoms with Gasteiger partial charge in [0.2, 0.25) is 0 Å². The summed E-state index contributed by atoms with van der Waals surface area (Å²) in [7, 11) is 0. The zero-order valence-corrected chi connectivity index (χ0v) is 8.28. The first-order valence-corrected chi connectivity index (χ1v) is 5.57. The summed E-state index contributed by atoms with van der Waals surface area (Å²) in [4.78, 5) is 0. The Balaban J connectivity index is 1.69. The highest BCUT2D eigenvalue weighted by Crippen LogP contribution is 2.34. The molecule has 0 aromatic carbocycles. The molecule has 4 rings (SSSR count). The van der Waals surface area contributed by atoms with Crippen LogP contribution in [0.2, 0.25) is 0 Å². The van der Waals surface area contributed by atoms with E-state index < -0.39 is 0 Å². The third-order valence-electron chi connectivity index (χ3n) is 3.69. The van der Waals surface area contributed by atoms with Crippen molar-refractivity contribution in [2.75, 3.05) is 0 Å². The summed E-state index contributed by atoms with van der Waals surface area (Å²) in [6.07, 6.45) is 10.3. The molecule has 2 unspecified atom stereocenters. The molecule has 3 nitrogen and oxygen atoms in total. The highest BCUT2D eigenvalue weighted by molar-refractivity contribution is 5.10. The van der Waals surface area contributed by atoms with Crippen LogP contribution >= 0.6 is 0 Å². The van der Waals surface area contributed by atoms with Gasteiger partial charge in [-0.15, -0.1) is 0 Å². The molecular formula is C11H16N2O. The van der Waals surface area contributed by atoms with Gasteiger partial charge in [-0.25, -0.2) is 0 Å².